The molecule has 1 N–H and O–H groups in total. The van der Waals surface area contributed by atoms with E-state index in [1.807, 2.05) is 0 Å². The van der Waals surface area contributed by atoms with E-state index in [-0.39, 0.29) is 11.6 Å². The average molecular weight is 449 g/mol. The molecule has 3 aromatic carbocycles. The first-order chi connectivity index (χ1) is 14.9. The highest BCUT2D eigenvalue weighted by atomic mass is 35.5. The molecule has 0 aliphatic carbocycles. The van der Waals surface area contributed by atoms with Gasteiger partial charge in [0.15, 0.2) is 34.9 Å². The molecule has 1 aromatic heterocycles. The summed E-state index contributed by atoms with van der Waals surface area (Å²) in [6.45, 7) is 0. The van der Waals surface area contributed by atoms with E-state index < -0.39 is 34.6 Å². The number of benzene rings is 3. The zero-order valence-electron chi connectivity index (χ0n) is 15.3. The Labute approximate surface area is 177 Å². The van der Waals surface area contributed by atoms with Gasteiger partial charge in [-0.05, 0) is 24.3 Å². The summed E-state index contributed by atoms with van der Waals surface area (Å²) in [5.41, 5.74) is 2.34. The zero-order valence-corrected chi connectivity index (χ0v) is 16.1. The minimum Gasteiger partial charge on any atom is -0.261 e. The molecule has 0 saturated heterocycles. The van der Waals surface area contributed by atoms with Gasteiger partial charge in [-0.15, -0.1) is 0 Å². The van der Waals surface area contributed by atoms with Crippen LogP contribution < -0.4 is 5.43 Å². The van der Waals surface area contributed by atoms with Crippen LogP contribution in [-0.4, -0.2) is 16.2 Å². The fourth-order valence-electron chi connectivity index (χ4n) is 2.82. The van der Waals surface area contributed by atoms with Gasteiger partial charge in [0.05, 0.1) is 22.3 Å². The van der Waals surface area contributed by atoms with Crippen LogP contribution in [0.4, 0.5) is 27.8 Å². The molecule has 10 heteroatoms. The Morgan fingerprint density at radius 3 is 2.10 bits per heavy atom. The molecule has 4 nitrogen and oxygen atoms in total. The maximum absolute atomic E-state index is 13.8. The van der Waals surface area contributed by atoms with E-state index in [2.05, 4.69) is 20.5 Å². The summed E-state index contributed by atoms with van der Waals surface area (Å²) >= 11 is 6.21. The summed E-state index contributed by atoms with van der Waals surface area (Å²) in [4.78, 5) is 8.79. The van der Waals surface area contributed by atoms with Crippen molar-refractivity contribution in [2.24, 2.45) is 5.10 Å². The topological polar surface area (TPSA) is 50.2 Å². The normalized spacial score (nSPS) is 11.4. The molecule has 1 heterocycles. The van der Waals surface area contributed by atoms with E-state index in [1.54, 1.807) is 48.5 Å². The summed E-state index contributed by atoms with van der Waals surface area (Å²) in [7, 11) is 0. The smallest absolute Gasteiger partial charge is 0.200 e. The van der Waals surface area contributed by atoms with Crippen molar-refractivity contribution in [2.75, 3.05) is 5.43 Å². The van der Waals surface area contributed by atoms with Crippen LogP contribution in [0.25, 0.3) is 22.3 Å². The molecule has 0 fully saturated rings. The van der Waals surface area contributed by atoms with E-state index >= 15 is 0 Å². The summed E-state index contributed by atoms with van der Waals surface area (Å²) in [6, 6.07) is 13.7. The van der Waals surface area contributed by atoms with Crippen LogP contribution in [0, 0.1) is 29.1 Å². The van der Waals surface area contributed by atoms with Crippen LogP contribution in [0.5, 0.6) is 0 Å². The molecule has 0 aliphatic heterocycles. The fraction of sp³-hybridized carbons (Fsp3) is 0. The molecule has 4 aromatic rings. The molecule has 156 valence electrons. The van der Waals surface area contributed by atoms with Gasteiger partial charge in [0.2, 0.25) is 5.82 Å². The third kappa shape index (κ3) is 3.79. The predicted molar refractivity (Wildman–Crippen MR) is 107 cm³/mol. The van der Waals surface area contributed by atoms with Crippen LogP contribution in [0.1, 0.15) is 5.56 Å². The molecule has 0 atom stereocenters. The Hall–Kier alpha value is -3.59. The van der Waals surface area contributed by atoms with Gasteiger partial charge in [-0.25, -0.2) is 31.9 Å². The highest BCUT2D eigenvalue weighted by molar-refractivity contribution is 6.33. The number of hydrogen-bond acceptors (Lipinski definition) is 4. The highest BCUT2D eigenvalue weighted by Gasteiger charge is 2.24. The maximum atomic E-state index is 13.8. The molecule has 31 heavy (non-hydrogen) atoms. The van der Waals surface area contributed by atoms with Crippen LogP contribution in [0.3, 0.4) is 0 Å². The Balaban J connectivity index is 1.77. The SMILES string of the molecule is Fc1c(F)c(F)c(/C=N/Nc2nc(-c3ccccc3Cl)nc3ccccc23)c(F)c1F. The quantitative estimate of drug-likeness (QED) is 0.135. The molecule has 0 spiro atoms. The second kappa shape index (κ2) is 8.27. The lowest BCUT2D eigenvalue weighted by atomic mass is 10.2. The second-order valence-electron chi connectivity index (χ2n) is 6.25. The number of rotatable bonds is 4. The Kier molecular flexibility index (Phi) is 5.51. The van der Waals surface area contributed by atoms with Crippen LogP contribution in [0.2, 0.25) is 5.02 Å². The van der Waals surface area contributed by atoms with Crippen molar-refractivity contribution in [3.05, 3.63) is 88.2 Å². The number of halogens is 6. The predicted octanol–water partition coefficient (Wildman–Crippen LogP) is 6.09. The molecule has 0 aliphatic rings. The summed E-state index contributed by atoms with van der Waals surface area (Å²) in [6.07, 6.45) is 0.488. The fourth-order valence-corrected chi connectivity index (χ4v) is 3.04. The van der Waals surface area contributed by atoms with Gasteiger partial charge < -0.3 is 0 Å². The molecule has 0 saturated carbocycles. The largest absolute Gasteiger partial charge is 0.261 e. The first-order valence-corrected chi connectivity index (χ1v) is 9.08. The van der Waals surface area contributed by atoms with Crippen molar-refractivity contribution in [1.82, 2.24) is 9.97 Å². The van der Waals surface area contributed by atoms with E-state index in [0.717, 1.165) is 0 Å². The minimum absolute atomic E-state index is 0.139. The van der Waals surface area contributed by atoms with E-state index in [0.29, 0.717) is 27.7 Å². The highest BCUT2D eigenvalue weighted by Crippen LogP contribution is 2.29. The maximum Gasteiger partial charge on any atom is 0.200 e. The van der Waals surface area contributed by atoms with Gasteiger partial charge in [0.25, 0.3) is 0 Å². The lowest BCUT2D eigenvalue weighted by molar-refractivity contribution is 0.377. The number of nitrogens with one attached hydrogen (secondary N) is 1. The molecule has 0 radical (unpaired) electrons. The number of nitrogens with zero attached hydrogens (tertiary/aromatic N) is 3. The van der Waals surface area contributed by atoms with Crippen LogP contribution in [-0.2, 0) is 0 Å². The Bertz CT molecular complexity index is 1310. The summed E-state index contributed by atoms with van der Waals surface area (Å²) < 4.78 is 67.6. The Morgan fingerprint density at radius 2 is 1.39 bits per heavy atom. The van der Waals surface area contributed by atoms with Crippen molar-refractivity contribution in [2.45, 2.75) is 0 Å². The standard InChI is InChI=1S/C21H10ClF5N4/c22-13-7-3-1-5-10(13)20-29-14-8-4-2-6-11(14)21(30-20)31-28-9-12-15(23)17(25)19(27)18(26)16(12)24/h1-9H,(H,29,30,31)/b28-9+. The monoisotopic (exact) mass is 448 g/mol. The van der Waals surface area contributed by atoms with Crippen molar-refractivity contribution in [1.29, 1.82) is 0 Å². The number of anilines is 1. The van der Waals surface area contributed by atoms with Gasteiger partial charge in [0.1, 0.15) is 0 Å². The third-order valence-corrected chi connectivity index (χ3v) is 4.66. The van der Waals surface area contributed by atoms with Gasteiger partial charge in [-0.2, -0.15) is 5.10 Å². The summed E-state index contributed by atoms with van der Waals surface area (Å²) in [5.74, 6) is -9.97. The molecule has 4 rings (SSSR count). The van der Waals surface area contributed by atoms with E-state index in [9.17, 15) is 22.0 Å². The average Bonchev–Trinajstić information content (AvgIpc) is 2.78. The number of fused-ring (bicyclic) bond motifs is 1. The number of hydrazone groups is 1. The molecular formula is C21H10ClF5N4. The van der Waals surface area contributed by atoms with Crippen LogP contribution >= 0.6 is 11.6 Å². The summed E-state index contributed by atoms with van der Waals surface area (Å²) in [5, 5.41) is 4.52. The number of hydrogen-bond donors (Lipinski definition) is 1. The van der Waals surface area contributed by atoms with Gasteiger partial charge >= 0.3 is 0 Å². The lowest BCUT2D eigenvalue weighted by Crippen LogP contribution is -2.07. The van der Waals surface area contributed by atoms with Gasteiger partial charge in [-0.3, -0.25) is 5.43 Å². The van der Waals surface area contributed by atoms with Crippen LogP contribution in [0.15, 0.2) is 53.6 Å². The second-order valence-corrected chi connectivity index (χ2v) is 6.65. The third-order valence-electron chi connectivity index (χ3n) is 4.33. The van der Waals surface area contributed by atoms with Gasteiger partial charge in [-0.1, -0.05) is 35.9 Å². The number of para-hydroxylation sites is 1. The van der Waals surface area contributed by atoms with E-state index in [1.165, 1.54) is 0 Å². The van der Waals surface area contributed by atoms with Crippen molar-refractivity contribution >= 4 is 34.5 Å². The van der Waals surface area contributed by atoms with Crippen molar-refractivity contribution in [3.63, 3.8) is 0 Å². The number of aromatic nitrogens is 2. The molecule has 0 amide bonds. The van der Waals surface area contributed by atoms with E-state index in [4.69, 9.17) is 11.6 Å². The minimum atomic E-state index is -2.24. The molecular weight excluding hydrogens is 439 g/mol. The molecule has 0 bridgehead atoms. The van der Waals surface area contributed by atoms with Crippen molar-refractivity contribution in [3.8, 4) is 11.4 Å². The first-order valence-electron chi connectivity index (χ1n) is 8.70. The van der Waals surface area contributed by atoms with Crippen molar-refractivity contribution < 1.29 is 22.0 Å². The van der Waals surface area contributed by atoms with Gasteiger partial charge in [0, 0.05) is 10.9 Å². The zero-order chi connectivity index (χ0) is 22.1. The molecule has 0 unspecified atom stereocenters. The Morgan fingerprint density at radius 1 is 0.774 bits per heavy atom. The lowest BCUT2D eigenvalue weighted by Gasteiger charge is -2.09. The first kappa shape index (κ1) is 20.7.